The van der Waals surface area contributed by atoms with E-state index in [2.05, 4.69) is 4.72 Å². The quantitative estimate of drug-likeness (QED) is 0.553. The van der Waals surface area contributed by atoms with Crippen molar-refractivity contribution in [2.45, 2.75) is 17.9 Å². The summed E-state index contributed by atoms with van der Waals surface area (Å²) in [5.74, 6) is -1.60. The predicted octanol–water partition coefficient (Wildman–Crippen LogP) is 3.43. The summed E-state index contributed by atoms with van der Waals surface area (Å²) >= 11 is 1.66. The zero-order chi connectivity index (χ0) is 22.7. The van der Waals surface area contributed by atoms with Crippen molar-refractivity contribution in [3.8, 4) is 0 Å². The third-order valence-corrected chi connectivity index (χ3v) is 7.37. The van der Waals surface area contributed by atoms with Crippen molar-refractivity contribution in [3.05, 3.63) is 81.8 Å². The molecule has 10 heteroatoms. The Morgan fingerprint density at radius 1 is 1.12 bits per heavy atom. The minimum absolute atomic E-state index is 0.00135. The Morgan fingerprint density at radius 3 is 2.69 bits per heavy atom. The van der Waals surface area contributed by atoms with Crippen molar-refractivity contribution in [2.24, 2.45) is 0 Å². The van der Waals surface area contributed by atoms with Gasteiger partial charge in [-0.15, -0.1) is 11.3 Å². The molecule has 3 aromatic rings. The number of ether oxygens (including phenoxy) is 1. The Hall–Kier alpha value is -3.24. The Morgan fingerprint density at radius 2 is 1.91 bits per heavy atom. The van der Waals surface area contributed by atoms with Gasteiger partial charge in [-0.05, 0) is 65.9 Å². The number of amides is 1. The van der Waals surface area contributed by atoms with Crippen molar-refractivity contribution in [1.29, 1.82) is 0 Å². The van der Waals surface area contributed by atoms with E-state index in [0.29, 0.717) is 13.1 Å². The van der Waals surface area contributed by atoms with Crippen LogP contribution in [0.5, 0.6) is 0 Å². The molecule has 0 saturated heterocycles. The van der Waals surface area contributed by atoms with Crippen LogP contribution in [0.25, 0.3) is 0 Å². The first-order valence-electron chi connectivity index (χ1n) is 9.70. The Balaban J connectivity index is 1.38. The number of sulfonamides is 1. The zero-order valence-corrected chi connectivity index (χ0v) is 18.4. The van der Waals surface area contributed by atoms with Gasteiger partial charge < -0.3 is 9.64 Å². The van der Waals surface area contributed by atoms with Gasteiger partial charge in [0.1, 0.15) is 5.82 Å². The largest absolute Gasteiger partial charge is 0.452 e. The van der Waals surface area contributed by atoms with Gasteiger partial charge in [0.15, 0.2) is 6.61 Å². The molecule has 0 bridgehead atoms. The molecule has 4 rings (SSSR count). The average molecular weight is 475 g/mol. The lowest BCUT2D eigenvalue weighted by Crippen LogP contribution is -2.38. The van der Waals surface area contributed by atoms with Crippen molar-refractivity contribution < 1.29 is 27.1 Å². The lowest BCUT2D eigenvalue weighted by atomic mass is 10.1. The van der Waals surface area contributed by atoms with Crippen LogP contribution in [0.2, 0.25) is 0 Å². The second-order valence-corrected chi connectivity index (χ2v) is 9.83. The van der Waals surface area contributed by atoms with Crippen LogP contribution in [0.1, 0.15) is 20.8 Å². The normalized spacial score (nSPS) is 13.3. The van der Waals surface area contributed by atoms with Crippen molar-refractivity contribution in [1.82, 2.24) is 4.90 Å². The number of hydrogen-bond donors (Lipinski definition) is 1. The van der Waals surface area contributed by atoms with E-state index in [9.17, 15) is 22.4 Å². The maximum absolute atomic E-state index is 13.0. The molecule has 7 nitrogen and oxygen atoms in total. The summed E-state index contributed by atoms with van der Waals surface area (Å²) in [6, 6.07) is 12.1. The maximum Gasteiger partial charge on any atom is 0.338 e. The van der Waals surface area contributed by atoms with E-state index < -0.39 is 28.4 Å². The number of hydrogen-bond acceptors (Lipinski definition) is 6. The first-order valence-corrected chi connectivity index (χ1v) is 12.1. The molecule has 166 valence electrons. The number of halogens is 1. The number of anilines is 1. The van der Waals surface area contributed by atoms with Gasteiger partial charge >= 0.3 is 5.97 Å². The highest BCUT2D eigenvalue weighted by Crippen LogP contribution is 2.24. The molecular weight excluding hydrogens is 455 g/mol. The number of benzene rings is 2. The molecule has 1 amide bonds. The summed E-state index contributed by atoms with van der Waals surface area (Å²) in [7, 11) is -4.01. The number of thiophene rings is 1. The second-order valence-electron chi connectivity index (χ2n) is 7.15. The smallest absolute Gasteiger partial charge is 0.338 e. The first kappa shape index (κ1) is 22.0. The molecule has 1 aliphatic rings. The third kappa shape index (κ3) is 4.97. The molecule has 1 aliphatic heterocycles. The number of nitrogens with one attached hydrogen (secondary N) is 1. The molecule has 2 heterocycles. The van der Waals surface area contributed by atoms with Crippen molar-refractivity contribution in [2.75, 3.05) is 17.9 Å². The molecule has 2 aromatic carbocycles. The molecule has 0 unspecified atom stereocenters. The lowest BCUT2D eigenvalue weighted by molar-refractivity contribution is -0.135. The van der Waals surface area contributed by atoms with Crippen LogP contribution in [0.15, 0.2) is 64.9 Å². The molecule has 0 aliphatic carbocycles. The third-order valence-electron chi connectivity index (χ3n) is 4.96. The highest BCUT2D eigenvalue weighted by atomic mass is 32.2. The van der Waals surface area contributed by atoms with E-state index in [1.54, 1.807) is 16.2 Å². The molecule has 0 atom stereocenters. The summed E-state index contributed by atoms with van der Waals surface area (Å²) in [4.78, 5) is 27.6. The molecule has 0 spiro atoms. The second kappa shape index (κ2) is 9.09. The predicted molar refractivity (Wildman–Crippen MR) is 117 cm³/mol. The highest BCUT2D eigenvalue weighted by molar-refractivity contribution is 7.92. The van der Waals surface area contributed by atoms with E-state index in [1.165, 1.54) is 35.2 Å². The van der Waals surface area contributed by atoms with Crippen LogP contribution in [-0.4, -0.2) is 38.3 Å². The van der Waals surface area contributed by atoms with Gasteiger partial charge in [0.25, 0.3) is 15.9 Å². The van der Waals surface area contributed by atoms with Crippen LogP contribution in [0, 0.1) is 5.82 Å². The van der Waals surface area contributed by atoms with E-state index in [4.69, 9.17) is 4.74 Å². The van der Waals surface area contributed by atoms with Crippen LogP contribution in [-0.2, 0) is 32.5 Å². The van der Waals surface area contributed by atoms with Gasteiger partial charge in [-0.3, -0.25) is 9.52 Å². The molecule has 32 heavy (non-hydrogen) atoms. The van der Waals surface area contributed by atoms with Gasteiger partial charge in [-0.1, -0.05) is 6.07 Å². The Kier molecular flexibility index (Phi) is 6.24. The monoisotopic (exact) mass is 474 g/mol. The molecule has 1 N–H and O–H groups in total. The van der Waals surface area contributed by atoms with Gasteiger partial charge in [-0.25, -0.2) is 17.6 Å². The van der Waals surface area contributed by atoms with Crippen LogP contribution in [0.3, 0.4) is 0 Å². The molecule has 1 aromatic heterocycles. The fourth-order valence-electron chi connectivity index (χ4n) is 3.29. The number of carbonyl (C=O) groups is 2. The number of carbonyl (C=O) groups excluding carboxylic acids is 2. The molecule has 0 radical (unpaired) electrons. The Labute approximate surface area is 188 Å². The summed E-state index contributed by atoms with van der Waals surface area (Å²) < 4.78 is 45.7. The van der Waals surface area contributed by atoms with Crippen molar-refractivity contribution in [3.63, 3.8) is 0 Å². The van der Waals surface area contributed by atoms with Crippen LogP contribution in [0.4, 0.5) is 10.1 Å². The fraction of sp³-hybridized carbons (Fsp3) is 0.182. The summed E-state index contributed by atoms with van der Waals surface area (Å²) in [6.07, 6.45) is 0.771. The summed E-state index contributed by atoms with van der Waals surface area (Å²) in [6.45, 7) is 0.619. The van der Waals surface area contributed by atoms with Crippen LogP contribution < -0.4 is 4.72 Å². The highest BCUT2D eigenvalue weighted by Gasteiger charge is 2.23. The summed E-state index contributed by atoms with van der Waals surface area (Å²) in [5.41, 5.74) is 1.28. The lowest BCUT2D eigenvalue weighted by Gasteiger charge is -2.26. The van der Waals surface area contributed by atoms with Gasteiger partial charge in [0.05, 0.1) is 10.5 Å². The number of nitrogens with zero attached hydrogens (tertiary/aromatic N) is 1. The van der Waals surface area contributed by atoms with Gasteiger partial charge in [-0.2, -0.15) is 0 Å². The SMILES string of the molecule is O=C(OCC(=O)N1CCc2sccc2C1)c1cccc(S(=O)(=O)Nc2ccc(F)cc2)c1. The summed E-state index contributed by atoms with van der Waals surface area (Å²) in [5, 5.41) is 1.99. The van der Waals surface area contributed by atoms with E-state index in [-0.39, 0.29) is 22.1 Å². The number of rotatable bonds is 6. The van der Waals surface area contributed by atoms with E-state index >= 15 is 0 Å². The van der Waals surface area contributed by atoms with E-state index in [1.807, 2.05) is 11.4 Å². The minimum Gasteiger partial charge on any atom is -0.452 e. The molecular formula is C22H19FN2O5S2. The average Bonchev–Trinajstić information content (AvgIpc) is 3.26. The molecule has 0 fully saturated rings. The van der Waals surface area contributed by atoms with Crippen molar-refractivity contribution >= 4 is 38.9 Å². The van der Waals surface area contributed by atoms with E-state index in [0.717, 1.165) is 30.2 Å². The standard InChI is InChI=1S/C22H19FN2O5S2/c23-17-4-6-18(7-5-17)24-32(28,29)19-3-1-2-15(12-19)22(27)30-14-21(26)25-10-8-20-16(13-25)9-11-31-20/h1-7,9,11-12,24H,8,10,13-14H2. The van der Waals surface area contributed by atoms with Gasteiger partial charge in [0.2, 0.25) is 0 Å². The Bertz CT molecular complexity index is 1260. The maximum atomic E-state index is 13.0. The molecule has 0 saturated carbocycles. The van der Waals surface area contributed by atoms with Crippen LogP contribution >= 0.6 is 11.3 Å². The van der Waals surface area contributed by atoms with Gasteiger partial charge in [0, 0.05) is 23.7 Å². The fourth-order valence-corrected chi connectivity index (χ4v) is 5.28. The topological polar surface area (TPSA) is 92.8 Å². The minimum atomic E-state index is -4.01. The zero-order valence-electron chi connectivity index (χ0n) is 16.8. The number of fused-ring (bicyclic) bond motifs is 1. The number of esters is 1. The first-order chi connectivity index (χ1) is 15.3.